The summed E-state index contributed by atoms with van der Waals surface area (Å²) in [4.78, 5) is 23.4. The lowest BCUT2D eigenvalue weighted by Gasteiger charge is -2.08. The maximum atomic E-state index is 11.9. The molecule has 5 nitrogen and oxygen atoms in total. The molecule has 22 heavy (non-hydrogen) atoms. The smallest absolute Gasteiger partial charge is 0.252 e. The molecule has 0 unspecified atom stereocenters. The van der Waals surface area contributed by atoms with E-state index in [1.165, 1.54) is 0 Å². The van der Waals surface area contributed by atoms with Crippen LogP contribution in [0.1, 0.15) is 42.5 Å². The summed E-state index contributed by atoms with van der Waals surface area (Å²) < 4.78 is 0. The van der Waals surface area contributed by atoms with Gasteiger partial charge in [0.25, 0.3) is 5.91 Å². The number of carbonyl (C=O) groups is 2. The van der Waals surface area contributed by atoms with Gasteiger partial charge in [-0.25, -0.2) is 0 Å². The van der Waals surface area contributed by atoms with Crippen LogP contribution in [0.15, 0.2) is 24.3 Å². The molecule has 0 aromatic heterocycles. The van der Waals surface area contributed by atoms with Crippen LogP contribution in [0.25, 0.3) is 0 Å². The zero-order valence-corrected chi connectivity index (χ0v) is 13.5. The highest BCUT2D eigenvalue weighted by molar-refractivity contribution is 6.33. The van der Waals surface area contributed by atoms with Crippen molar-refractivity contribution in [3.8, 4) is 0 Å². The van der Waals surface area contributed by atoms with E-state index in [2.05, 4.69) is 10.6 Å². The SMILES string of the molecule is NCCCCCCC(=O)NCCNC(=O)c1ccccc1Cl. The largest absolute Gasteiger partial charge is 0.354 e. The molecule has 0 aliphatic carbocycles. The van der Waals surface area contributed by atoms with Crippen LogP contribution in [-0.4, -0.2) is 31.4 Å². The monoisotopic (exact) mass is 325 g/mol. The van der Waals surface area contributed by atoms with Gasteiger partial charge in [0.1, 0.15) is 0 Å². The summed E-state index contributed by atoms with van der Waals surface area (Å²) in [5.74, 6) is -0.221. The van der Waals surface area contributed by atoms with Crippen molar-refractivity contribution in [3.05, 3.63) is 34.9 Å². The van der Waals surface area contributed by atoms with Crippen molar-refractivity contribution in [2.45, 2.75) is 32.1 Å². The zero-order chi connectivity index (χ0) is 16.2. The quantitative estimate of drug-likeness (QED) is 0.576. The third-order valence-electron chi connectivity index (χ3n) is 3.21. The fourth-order valence-corrected chi connectivity index (χ4v) is 2.21. The summed E-state index contributed by atoms with van der Waals surface area (Å²) in [6.45, 7) is 1.50. The van der Waals surface area contributed by atoms with Crippen molar-refractivity contribution in [3.63, 3.8) is 0 Å². The normalized spacial score (nSPS) is 10.3. The minimum Gasteiger partial charge on any atom is -0.354 e. The van der Waals surface area contributed by atoms with Gasteiger partial charge in [0.05, 0.1) is 10.6 Å². The number of hydrogen-bond acceptors (Lipinski definition) is 3. The first-order chi connectivity index (χ1) is 10.6. The van der Waals surface area contributed by atoms with Gasteiger partial charge in [-0.3, -0.25) is 9.59 Å². The maximum Gasteiger partial charge on any atom is 0.252 e. The second-order valence-corrected chi connectivity index (χ2v) is 5.45. The molecule has 6 heteroatoms. The van der Waals surface area contributed by atoms with Crippen LogP contribution in [-0.2, 0) is 4.79 Å². The Morgan fingerprint density at radius 3 is 2.41 bits per heavy atom. The van der Waals surface area contributed by atoms with Gasteiger partial charge in [-0.2, -0.15) is 0 Å². The highest BCUT2D eigenvalue weighted by atomic mass is 35.5. The number of hydrogen-bond donors (Lipinski definition) is 3. The van der Waals surface area contributed by atoms with Crippen LogP contribution >= 0.6 is 11.6 Å². The number of unbranched alkanes of at least 4 members (excludes halogenated alkanes) is 3. The summed E-state index contributed by atoms with van der Waals surface area (Å²) >= 11 is 5.94. The van der Waals surface area contributed by atoms with E-state index in [1.807, 2.05) is 0 Å². The van der Waals surface area contributed by atoms with E-state index in [1.54, 1.807) is 24.3 Å². The fourth-order valence-electron chi connectivity index (χ4n) is 1.99. The van der Waals surface area contributed by atoms with E-state index in [-0.39, 0.29) is 11.8 Å². The van der Waals surface area contributed by atoms with Crippen LogP contribution in [0.4, 0.5) is 0 Å². The summed E-state index contributed by atoms with van der Waals surface area (Å²) in [7, 11) is 0. The molecule has 1 aromatic carbocycles. The number of nitrogens with one attached hydrogen (secondary N) is 2. The molecule has 0 aliphatic heterocycles. The third kappa shape index (κ3) is 7.43. The third-order valence-corrected chi connectivity index (χ3v) is 3.54. The Balaban J connectivity index is 2.11. The minimum atomic E-state index is -0.235. The molecule has 0 radical (unpaired) electrons. The van der Waals surface area contributed by atoms with Crippen LogP contribution in [0.2, 0.25) is 5.02 Å². The molecule has 0 saturated carbocycles. The van der Waals surface area contributed by atoms with Gasteiger partial charge < -0.3 is 16.4 Å². The van der Waals surface area contributed by atoms with Gasteiger partial charge in [0, 0.05) is 19.5 Å². The van der Waals surface area contributed by atoms with Gasteiger partial charge >= 0.3 is 0 Å². The second-order valence-electron chi connectivity index (χ2n) is 5.04. The molecule has 0 aliphatic rings. The Labute approximate surface area is 136 Å². The number of nitrogens with two attached hydrogens (primary N) is 1. The summed E-state index contributed by atoms with van der Waals surface area (Å²) in [5, 5.41) is 5.93. The van der Waals surface area contributed by atoms with E-state index in [4.69, 9.17) is 17.3 Å². The molecule has 0 saturated heterocycles. The van der Waals surface area contributed by atoms with Crippen LogP contribution in [0.3, 0.4) is 0 Å². The second kappa shape index (κ2) is 11.0. The standard InChI is InChI=1S/C16H24ClN3O2/c17-14-8-5-4-7-13(14)16(22)20-12-11-19-15(21)9-3-1-2-6-10-18/h4-5,7-8H,1-3,6,9-12,18H2,(H,19,21)(H,20,22). The van der Waals surface area contributed by atoms with Crippen LogP contribution in [0.5, 0.6) is 0 Å². The average Bonchev–Trinajstić information content (AvgIpc) is 2.51. The first-order valence-electron chi connectivity index (χ1n) is 7.64. The number of halogens is 1. The van der Waals surface area contributed by atoms with Crippen molar-refractivity contribution >= 4 is 23.4 Å². The molecule has 0 heterocycles. The van der Waals surface area contributed by atoms with Crippen molar-refractivity contribution in [2.24, 2.45) is 5.73 Å². The van der Waals surface area contributed by atoms with Gasteiger partial charge in [-0.15, -0.1) is 0 Å². The molecular formula is C16H24ClN3O2. The fraction of sp³-hybridized carbons (Fsp3) is 0.500. The van der Waals surface area contributed by atoms with Crippen LogP contribution in [0, 0.1) is 0 Å². The molecule has 1 aromatic rings. The Hall–Kier alpha value is -1.59. The Morgan fingerprint density at radius 1 is 1.00 bits per heavy atom. The molecule has 122 valence electrons. The van der Waals surface area contributed by atoms with Crippen molar-refractivity contribution in [2.75, 3.05) is 19.6 Å². The van der Waals surface area contributed by atoms with Crippen molar-refractivity contribution < 1.29 is 9.59 Å². The molecule has 0 bridgehead atoms. The summed E-state index contributed by atoms with van der Waals surface area (Å²) in [6.07, 6.45) is 4.49. The number of amides is 2. The summed E-state index contributed by atoms with van der Waals surface area (Å²) in [6, 6.07) is 6.86. The lowest BCUT2D eigenvalue weighted by Crippen LogP contribution is -2.34. The average molecular weight is 326 g/mol. The van der Waals surface area contributed by atoms with Crippen LogP contribution < -0.4 is 16.4 Å². The van der Waals surface area contributed by atoms with Gasteiger partial charge in [0.15, 0.2) is 0 Å². The zero-order valence-electron chi connectivity index (χ0n) is 12.7. The molecule has 2 amide bonds. The molecule has 0 atom stereocenters. The Morgan fingerprint density at radius 2 is 1.68 bits per heavy atom. The first kappa shape index (κ1) is 18.5. The molecule has 4 N–H and O–H groups in total. The van der Waals surface area contributed by atoms with E-state index < -0.39 is 0 Å². The topological polar surface area (TPSA) is 84.2 Å². The highest BCUT2D eigenvalue weighted by Gasteiger charge is 2.08. The van der Waals surface area contributed by atoms with Gasteiger partial charge in [-0.05, 0) is 31.5 Å². The van der Waals surface area contributed by atoms with Gasteiger partial charge in [0.2, 0.25) is 5.91 Å². The number of rotatable bonds is 10. The predicted molar refractivity (Wildman–Crippen MR) is 88.9 cm³/mol. The van der Waals surface area contributed by atoms with E-state index in [0.29, 0.717) is 36.6 Å². The Bertz CT molecular complexity index is 480. The van der Waals surface area contributed by atoms with Gasteiger partial charge in [-0.1, -0.05) is 36.6 Å². The van der Waals surface area contributed by atoms with Crippen molar-refractivity contribution in [1.82, 2.24) is 10.6 Å². The predicted octanol–water partition coefficient (Wildman–Crippen LogP) is 2.10. The lowest BCUT2D eigenvalue weighted by molar-refractivity contribution is -0.121. The minimum absolute atomic E-state index is 0.0136. The lowest BCUT2D eigenvalue weighted by atomic mass is 10.1. The van der Waals surface area contributed by atoms with E-state index in [9.17, 15) is 9.59 Å². The highest BCUT2D eigenvalue weighted by Crippen LogP contribution is 2.14. The number of carbonyl (C=O) groups excluding carboxylic acids is 2. The van der Waals surface area contributed by atoms with E-state index in [0.717, 1.165) is 25.7 Å². The van der Waals surface area contributed by atoms with E-state index >= 15 is 0 Å². The van der Waals surface area contributed by atoms with Crippen molar-refractivity contribution in [1.29, 1.82) is 0 Å². The Kier molecular flexibility index (Phi) is 9.26. The number of benzene rings is 1. The molecule has 0 fully saturated rings. The molecule has 0 spiro atoms. The molecule has 1 rings (SSSR count). The maximum absolute atomic E-state index is 11.9. The molecular weight excluding hydrogens is 302 g/mol. The summed E-state index contributed by atoms with van der Waals surface area (Å²) in [5.41, 5.74) is 5.85. The first-order valence-corrected chi connectivity index (χ1v) is 8.02.